The fourth-order valence-electron chi connectivity index (χ4n) is 1.54. The summed E-state index contributed by atoms with van der Waals surface area (Å²) in [6, 6.07) is 5.78. The predicted octanol–water partition coefficient (Wildman–Crippen LogP) is 1.76. The van der Waals surface area contributed by atoms with Crippen molar-refractivity contribution in [3.8, 4) is 5.69 Å². The van der Waals surface area contributed by atoms with Crippen LogP contribution in [0, 0.1) is 6.92 Å². The van der Waals surface area contributed by atoms with Crippen LogP contribution in [0.1, 0.15) is 11.4 Å². The second-order valence-electron chi connectivity index (χ2n) is 3.55. The number of aliphatic hydroxyl groups is 1. The number of halogens is 1. The molecule has 0 spiro atoms. The van der Waals surface area contributed by atoms with Gasteiger partial charge in [-0.1, -0.05) is 17.7 Å². The highest BCUT2D eigenvalue weighted by molar-refractivity contribution is 6.32. The molecule has 0 saturated carbocycles. The van der Waals surface area contributed by atoms with E-state index >= 15 is 0 Å². The molecular weight excluding hydrogens is 226 g/mol. The van der Waals surface area contributed by atoms with Gasteiger partial charge < -0.3 is 5.11 Å². The van der Waals surface area contributed by atoms with Crippen molar-refractivity contribution in [3.63, 3.8) is 0 Å². The molecule has 0 atom stereocenters. The average molecular weight is 238 g/mol. The first kappa shape index (κ1) is 11.1. The van der Waals surface area contributed by atoms with E-state index in [-0.39, 0.29) is 6.61 Å². The fourth-order valence-corrected chi connectivity index (χ4v) is 1.86. The zero-order valence-electron chi connectivity index (χ0n) is 8.89. The lowest BCUT2D eigenvalue weighted by Crippen LogP contribution is -2.03. The molecule has 0 saturated heterocycles. The Morgan fingerprint density at radius 1 is 1.44 bits per heavy atom. The number of nitrogens with zero attached hydrogens (tertiary/aromatic N) is 3. The summed E-state index contributed by atoms with van der Waals surface area (Å²) in [5, 5.41) is 17.3. The predicted molar refractivity (Wildman–Crippen MR) is 61.9 cm³/mol. The van der Waals surface area contributed by atoms with Crippen LogP contribution in [0.15, 0.2) is 24.5 Å². The molecular formula is C11H12ClN3O. The van der Waals surface area contributed by atoms with E-state index in [0.29, 0.717) is 17.3 Å². The Hall–Kier alpha value is -1.39. The van der Waals surface area contributed by atoms with E-state index in [1.165, 1.54) is 0 Å². The van der Waals surface area contributed by atoms with Crippen molar-refractivity contribution in [2.24, 2.45) is 0 Å². The van der Waals surface area contributed by atoms with Gasteiger partial charge in [-0.2, -0.15) is 0 Å². The van der Waals surface area contributed by atoms with Crippen LogP contribution in [-0.2, 0) is 6.42 Å². The molecule has 0 bridgehead atoms. The Kier molecular flexibility index (Phi) is 3.22. The Bertz CT molecular complexity index is 496. The first-order chi connectivity index (χ1) is 7.72. The average Bonchev–Trinajstić information content (AvgIpc) is 2.67. The third-order valence-electron chi connectivity index (χ3n) is 2.32. The van der Waals surface area contributed by atoms with Crippen molar-refractivity contribution in [3.05, 3.63) is 40.9 Å². The summed E-state index contributed by atoms with van der Waals surface area (Å²) in [4.78, 5) is 0. The lowest BCUT2D eigenvalue weighted by Gasteiger charge is -2.08. The van der Waals surface area contributed by atoms with Gasteiger partial charge in [-0.15, -0.1) is 10.2 Å². The molecule has 0 amide bonds. The minimum absolute atomic E-state index is 0.0438. The molecule has 2 rings (SSSR count). The van der Waals surface area contributed by atoms with E-state index < -0.39 is 0 Å². The molecule has 2 aromatic rings. The van der Waals surface area contributed by atoms with Crippen molar-refractivity contribution >= 4 is 11.6 Å². The molecule has 0 radical (unpaired) electrons. The molecule has 16 heavy (non-hydrogen) atoms. The Morgan fingerprint density at radius 3 is 2.94 bits per heavy atom. The molecule has 4 nitrogen and oxygen atoms in total. The zero-order valence-corrected chi connectivity index (χ0v) is 9.65. The van der Waals surface area contributed by atoms with Crippen LogP contribution < -0.4 is 0 Å². The SMILES string of the molecule is Cc1ccc(-n2cnnc2CCO)c(Cl)c1. The Labute approximate surface area is 98.5 Å². The molecule has 1 aromatic heterocycles. The largest absolute Gasteiger partial charge is 0.396 e. The summed E-state index contributed by atoms with van der Waals surface area (Å²) in [6.07, 6.45) is 2.06. The summed E-state index contributed by atoms with van der Waals surface area (Å²) >= 11 is 6.15. The first-order valence-corrected chi connectivity index (χ1v) is 5.36. The molecule has 0 fully saturated rings. The van der Waals surface area contributed by atoms with Crippen molar-refractivity contribution < 1.29 is 5.11 Å². The second-order valence-corrected chi connectivity index (χ2v) is 3.95. The molecule has 0 aliphatic carbocycles. The van der Waals surface area contributed by atoms with Gasteiger partial charge in [-0.05, 0) is 24.6 Å². The Morgan fingerprint density at radius 2 is 2.25 bits per heavy atom. The summed E-state index contributed by atoms with van der Waals surface area (Å²) in [5.74, 6) is 0.702. The molecule has 1 aromatic carbocycles. The summed E-state index contributed by atoms with van der Waals surface area (Å²) in [5.41, 5.74) is 1.94. The summed E-state index contributed by atoms with van der Waals surface area (Å²) in [6.45, 7) is 2.03. The summed E-state index contributed by atoms with van der Waals surface area (Å²) in [7, 11) is 0. The maximum Gasteiger partial charge on any atom is 0.139 e. The number of aliphatic hydroxyl groups excluding tert-OH is 1. The monoisotopic (exact) mass is 237 g/mol. The first-order valence-electron chi connectivity index (χ1n) is 4.98. The smallest absolute Gasteiger partial charge is 0.139 e. The molecule has 84 valence electrons. The van der Waals surface area contributed by atoms with Gasteiger partial charge in [0.1, 0.15) is 12.2 Å². The van der Waals surface area contributed by atoms with Crippen LogP contribution in [0.3, 0.4) is 0 Å². The molecule has 1 N–H and O–H groups in total. The van der Waals surface area contributed by atoms with E-state index in [4.69, 9.17) is 16.7 Å². The van der Waals surface area contributed by atoms with Gasteiger partial charge in [0.05, 0.1) is 17.3 Å². The van der Waals surface area contributed by atoms with E-state index in [2.05, 4.69) is 10.2 Å². The highest BCUT2D eigenvalue weighted by Gasteiger charge is 2.08. The number of rotatable bonds is 3. The van der Waals surface area contributed by atoms with Crippen LogP contribution in [0.4, 0.5) is 0 Å². The zero-order chi connectivity index (χ0) is 11.5. The normalized spacial score (nSPS) is 10.7. The number of aryl methyl sites for hydroxylation is 1. The molecule has 0 aliphatic rings. The van der Waals surface area contributed by atoms with Gasteiger partial charge >= 0.3 is 0 Å². The standard InChI is InChI=1S/C11H12ClN3O/c1-8-2-3-10(9(12)6-8)15-7-13-14-11(15)4-5-16/h2-3,6-7,16H,4-5H2,1H3. The minimum Gasteiger partial charge on any atom is -0.396 e. The van der Waals surface area contributed by atoms with E-state index in [0.717, 1.165) is 11.3 Å². The highest BCUT2D eigenvalue weighted by Crippen LogP contribution is 2.22. The van der Waals surface area contributed by atoms with Crippen LogP contribution in [-0.4, -0.2) is 26.5 Å². The third-order valence-corrected chi connectivity index (χ3v) is 2.62. The molecule has 1 heterocycles. The Balaban J connectivity index is 2.46. The molecule has 0 unspecified atom stereocenters. The maximum absolute atomic E-state index is 8.91. The number of benzene rings is 1. The van der Waals surface area contributed by atoms with Crippen molar-refractivity contribution in [2.75, 3.05) is 6.61 Å². The summed E-state index contributed by atoms with van der Waals surface area (Å²) < 4.78 is 1.79. The minimum atomic E-state index is 0.0438. The number of aromatic nitrogens is 3. The van der Waals surface area contributed by atoms with Gasteiger partial charge in [0.25, 0.3) is 0 Å². The van der Waals surface area contributed by atoms with Crippen molar-refractivity contribution in [1.82, 2.24) is 14.8 Å². The van der Waals surface area contributed by atoms with Gasteiger partial charge in [0.2, 0.25) is 0 Å². The lowest BCUT2D eigenvalue weighted by atomic mass is 10.2. The van der Waals surface area contributed by atoms with Crippen LogP contribution in [0.25, 0.3) is 5.69 Å². The van der Waals surface area contributed by atoms with E-state index in [9.17, 15) is 0 Å². The number of hydrogen-bond acceptors (Lipinski definition) is 3. The van der Waals surface area contributed by atoms with Crippen molar-refractivity contribution in [2.45, 2.75) is 13.3 Å². The molecule has 0 aliphatic heterocycles. The quantitative estimate of drug-likeness (QED) is 0.885. The number of hydrogen-bond donors (Lipinski definition) is 1. The van der Waals surface area contributed by atoms with Gasteiger partial charge in [0.15, 0.2) is 0 Å². The van der Waals surface area contributed by atoms with Crippen LogP contribution in [0.2, 0.25) is 5.02 Å². The van der Waals surface area contributed by atoms with E-state index in [1.807, 2.05) is 25.1 Å². The van der Waals surface area contributed by atoms with Gasteiger partial charge in [-0.25, -0.2) is 0 Å². The fraction of sp³-hybridized carbons (Fsp3) is 0.273. The topological polar surface area (TPSA) is 50.9 Å². The lowest BCUT2D eigenvalue weighted by molar-refractivity contribution is 0.296. The van der Waals surface area contributed by atoms with Gasteiger partial charge in [-0.3, -0.25) is 4.57 Å². The third kappa shape index (κ3) is 2.08. The van der Waals surface area contributed by atoms with Crippen molar-refractivity contribution in [1.29, 1.82) is 0 Å². The highest BCUT2D eigenvalue weighted by atomic mass is 35.5. The van der Waals surface area contributed by atoms with Gasteiger partial charge in [0, 0.05) is 6.42 Å². The second kappa shape index (κ2) is 4.63. The van der Waals surface area contributed by atoms with Crippen LogP contribution >= 0.6 is 11.6 Å². The maximum atomic E-state index is 8.91. The van der Waals surface area contributed by atoms with E-state index in [1.54, 1.807) is 10.9 Å². The molecule has 5 heteroatoms. The van der Waals surface area contributed by atoms with Crippen LogP contribution in [0.5, 0.6) is 0 Å².